The molecule has 3 N–H and O–H groups in total. The lowest BCUT2D eigenvalue weighted by Crippen LogP contribution is -2.38. The van der Waals surface area contributed by atoms with Crippen molar-refractivity contribution in [3.63, 3.8) is 0 Å². The molecule has 0 saturated heterocycles. The monoisotopic (exact) mass is 477 g/mol. The van der Waals surface area contributed by atoms with Crippen LogP contribution in [0.5, 0.6) is 0 Å². The highest BCUT2D eigenvalue weighted by molar-refractivity contribution is 14.0. The number of guanidine groups is 1. The van der Waals surface area contributed by atoms with Gasteiger partial charge in [0, 0.05) is 49.1 Å². The van der Waals surface area contributed by atoms with Crippen LogP contribution in [0.4, 0.5) is 0 Å². The molecule has 0 radical (unpaired) electrons. The largest absolute Gasteiger partial charge is 0.361 e. The van der Waals surface area contributed by atoms with Crippen molar-refractivity contribution in [1.29, 1.82) is 0 Å². The SMILES string of the molecule is CCNC(=NCCc1c[nH]c2cc(C)ccc12)NCCc1cccnc1.I. The maximum Gasteiger partial charge on any atom is 0.191 e. The van der Waals surface area contributed by atoms with Gasteiger partial charge in [0.1, 0.15) is 0 Å². The molecule has 6 heteroatoms. The number of aromatic amines is 1. The van der Waals surface area contributed by atoms with E-state index in [1.54, 1.807) is 6.20 Å². The standard InChI is InChI=1S/C21H27N5.HI/c1-3-23-21(24-11-8-17-5-4-10-22-14-17)25-12-9-18-15-26-20-13-16(2)6-7-19(18)20;/h4-7,10,13-15,26H,3,8-9,11-12H2,1-2H3,(H2,23,24,25);1H. The van der Waals surface area contributed by atoms with Crippen molar-refractivity contribution in [2.24, 2.45) is 4.99 Å². The zero-order valence-corrected chi connectivity index (χ0v) is 18.3. The molecule has 0 aliphatic heterocycles. The lowest BCUT2D eigenvalue weighted by Gasteiger charge is -2.11. The highest BCUT2D eigenvalue weighted by Gasteiger charge is 2.04. The third-order valence-corrected chi connectivity index (χ3v) is 4.35. The Balaban J connectivity index is 0.00000261. The van der Waals surface area contributed by atoms with Crippen molar-refractivity contribution in [3.8, 4) is 0 Å². The molecule has 0 saturated carbocycles. The minimum atomic E-state index is 0. The summed E-state index contributed by atoms with van der Waals surface area (Å²) in [6.45, 7) is 6.64. The smallest absolute Gasteiger partial charge is 0.191 e. The van der Waals surface area contributed by atoms with Crippen LogP contribution in [0.3, 0.4) is 0 Å². The Hall–Kier alpha value is -2.09. The second-order valence-corrected chi connectivity index (χ2v) is 6.41. The quantitative estimate of drug-likeness (QED) is 0.275. The number of fused-ring (bicyclic) bond motifs is 1. The van der Waals surface area contributed by atoms with Crippen LogP contribution in [0.15, 0.2) is 53.9 Å². The van der Waals surface area contributed by atoms with E-state index in [1.165, 1.54) is 27.6 Å². The molecule has 0 atom stereocenters. The Morgan fingerprint density at radius 2 is 2.07 bits per heavy atom. The molecule has 0 fully saturated rings. The van der Waals surface area contributed by atoms with E-state index in [0.29, 0.717) is 0 Å². The fourth-order valence-electron chi connectivity index (χ4n) is 3.01. The van der Waals surface area contributed by atoms with Gasteiger partial charge in [-0.25, -0.2) is 0 Å². The number of benzene rings is 1. The Bertz CT molecular complexity index is 857. The highest BCUT2D eigenvalue weighted by Crippen LogP contribution is 2.19. The van der Waals surface area contributed by atoms with E-state index in [-0.39, 0.29) is 24.0 Å². The summed E-state index contributed by atoms with van der Waals surface area (Å²) in [5.41, 5.74) is 5.02. The van der Waals surface area contributed by atoms with Crippen molar-refractivity contribution in [3.05, 3.63) is 65.6 Å². The van der Waals surface area contributed by atoms with E-state index in [0.717, 1.165) is 38.4 Å². The third-order valence-electron chi connectivity index (χ3n) is 4.35. The highest BCUT2D eigenvalue weighted by atomic mass is 127. The number of hydrogen-bond donors (Lipinski definition) is 3. The van der Waals surface area contributed by atoms with Gasteiger partial charge in [0.2, 0.25) is 0 Å². The maximum absolute atomic E-state index is 4.71. The zero-order valence-electron chi connectivity index (χ0n) is 16.0. The summed E-state index contributed by atoms with van der Waals surface area (Å²) >= 11 is 0. The molecule has 144 valence electrons. The molecule has 0 bridgehead atoms. The van der Waals surface area contributed by atoms with Crippen molar-refractivity contribution < 1.29 is 0 Å². The van der Waals surface area contributed by atoms with Crippen LogP contribution in [0, 0.1) is 6.92 Å². The van der Waals surface area contributed by atoms with Crippen molar-refractivity contribution in [2.75, 3.05) is 19.6 Å². The number of hydrogen-bond acceptors (Lipinski definition) is 2. The van der Waals surface area contributed by atoms with Crippen LogP contribution in [0.2, 0.25) is 0 Å². The van der Waals surface area contributed by atoms with Gasteiger partial charge in [-0.05, 0) is 55.5 Å². The summed E-state index contributed by atoms with van der Waals surface area (Å²) in [7, 11) is 0. The third kappa shape index (κ3) is 6.23. The first-order valence-corrected chi connectivity index (χ1v) is 9.24. The topological polar surface area (TPSA) is 65.1 Å². The number of halogens is 1. The van der Waals surface area contributed by atoms with E-state index in [2.05, 4.69) is 64.9 Å². The zero-order chi connectivity index (χ0) is 18.2. The van der Waals surface area contributed by atoms with Gasteiger partial charge >= 0.3 is 0 Å². The summed E-state index contributed by atoms with van der Waals surface area (Å²) < 4.78 is 0. The second kappa shape index (κ2) is 10.9. The predicted molar refractivity (Wildman–Crippen MR) is 124 cm³/mol. The summed E-state index contributed by atoms with van der Waals surface area (Å²) in [5, 5.41) is 8.00. The van der Waals surface area contributed by atoms with E-state index < -0.39 is 0 Å². The van der Waals surface area contributed by atoms with Crippen LogP contribution >= 0.6 is 24.0 Å². The molecule has 3 aromatic rings. The summed E-state index contributed by atoms with van der Waals surface area (Å²) in [4.78, 5) is 12.2. The maximum atomic E-state index is 4.71. The molecule has 2 aromatic heterocycles. The number of rotatable bonds is 7. The second-order valence-electron chi connectivity index (χ2n) is 6.41. The fraction of sp³-hybridized carbons (Fsp3) is 0.333. The Morgan fingerprint density at radius 1 is 1.19 bits per heavy atom. The van der Waals surface area contributed by atoms with Gasteiger partial charge in [0.05, 0.1) is 0 Å². The molecule has 1 aromatic carbocycles. The van der Waals surface area contributed by atoms with Crippen molar-refractivity contribution in [1.82, 2.24) is 20.6 Å². The lowest BCUT2D eigenvalue weighted by atomic mass is 10.1. The van der Waals surface area contributed by atoms with Crippen molar-refractivity contribution in [2.45, 2.75) is 26.7 Å². The fourth-order valence-corrected chi connectivity index (χ4v) is 3.01. The van der Waals surface area contributed by atoms with Crippen LogP contribution in [0.1, 0.15) is 23.6 Å². The molecular formula is C21H28IN5. The number of aromatic nitrogens is 2. The molecule has 2 heterocycles. The first kappa shape index (κ1) is 21.2. The number of aliphatic imine (C=N–C) groups is 1. The molecule has 5 nitrogen and oxygen atoms in total. The van der Waals surface area contributed by atoms with E-state index in [4.69, 9.17) is 4.99 Å². The van der Waals surface area contributed by atoms with Gasteiger partial charge in [-0.15, -0.1) is 24.0 Å². The normalized spacial score (nSPS) is 11.3. The first-order chi connectivity index (χ1) is 12.8. The first-order valence-electron chi connectivity index (χ1n) is 9.24. The molecular weight excluding hydrogens is 449 g/mol. The Kier molecular flexibility index (Phi) is 8.57. The Morgan fingerprint density at radius 3 is 2.85 bits per heavy atom. The Labute approximate surface area is 178 Å². The van der Waals surface area contributed by atoms with Gasteiger partial charge in [-0.2, -0.15) is 0 Å². The van der Waals surface area contributed by atoms with E-state index in [1.807, 2.05) is 12.3 Å². The van der Waals surface area contributed by atoms with E-state index >= 15 is 0 Å². The summed E-state index contributed by atoms with van der Waals surface area (Å²) in [6, 6.07) is 10.6. The van der Waals surface area contributed by atoms with Gasteiger partial charge in [0.25, 0.3) is 0 Å². The lowest BCUT2D eigenvalue weighted by molar-refractivity contribution is 0.795. The summed E-state index contributed by atoms with van der Waals surface area (Å²) in [5.74, 6) is 0.868. The number of aryl methyl sites for hydroxylation is 1. The molecule has 0 aliphatic carbocycles. The number of nitrogens with one attached hydrogen (secondary N) is 3. The molecule has 0 amide bonds. The van der Waals surface area contributed by atoms with E-state index in [9.17, 15) is 0 Å². The number of H-pyrrole nitrogens is 1. The van der Waals surface area contributed by atoms with Gasteiger partial charge in [-0.3, -0.25) is 9.98 Å². The molecule has 3 rings (SSSR count). The minimum absolute atomic E-state index is 0. The van der Waals surface area contributed by atoms with Gasteiger partial charge in [0.15, 0.2) is 5.96 Å². The molecule has 0 aliphatic rings. The number of pyridine rings is 1. The van der Waals surface area contributed by atoms with Crippen LogP contribution in [-0.2, 0) is 12.8 Å². The van der Waals surface area contributed by atoms with Crippen LogP contribution < -0.4 is 10.6 Å². The molecule has 0 unspecified atom stereocenters. The minimum Gasteiger partial charge on any atom is -0.361 e. The predicted octanol–water partition coefficient (Wildman–Crippen LogP) is 3.83. The van der Waals surface area contributed by atoms with Crippen LogP contribution in [-0.4, -0.2) is 35.6 Å². The summed E-state index contributed by atoms with van der Waals surface area (Å²) in [6.07, 6.45) is 7.66. The van der Waals surface area contributed by atoms with Crippen molar-refractivity contribution >= 4 is 40.8 Å². The average Bonchev–Trinajstić information content (AvgIpc) is 3.04. The van der Waals surface area contributed by atoms with Gasteiger partial charge in [-0.1, -0.05) is 18.2 Å². The molecule has 0 spiro atoms. The van der Waals surface area contributed by atoms with Crippen LogP contribution in [0.25, 0.3) is 10.9 Å². The molecule has 27 heavy (non-hydrogen) atoms. The average molecular weight is 477 g/mol. The van der Waals surface area contributed by atoms with Gasteiger partial charge < -0.3 is 15.6 Å². The number of nitrogens with zero attached hydrogens (tertiary/aromatic N) is 2.